The Hall–Kier alpha value is -4.14. The van der Waals surface area contributed by atoms with Gasteiger partial charge in [-0.3, -0.25) is 33.6 Å². The van der Waals surface area contributed by atoms with Crippen LogP contribution in [0.4, 0.5) is 4.39 Å². The summed E-state index contributed by atoms with van der Waals surface area (Å²) in [6.07, 6.45) is 0.852. The molecule has 3 aliphatic heterocycles. The highest BCUT2D eigenvalue weighted by molar-refractivity contribution is 6.47. The van der Waals surface area contributed by atoms with Crippen LogP contribution in [0.2, 0.25) is 10.8 Å². The van der Waals surface area contributed by atoms with Crippen LogP contribution in [0.15, 0.2) is 36.4 Å². The van der Waals surface area contributed by atoms with Crippen LogP contribution in [-0.2, 0) is 36.7 Å². The number of likely N-dealkylation sites (tertiary alicyclic amines) is 2. The number of β-lactam (4-membered cyclic amide) rings is 1. The molecule has 2 aromatic carbocycles. The number of primary amides is 1. The van der Waals surface area contributed by atoms with Crippen LogP contribution in [0.5, 0.6) is 0 Å². The van der Waals surface area contributed by atoms with Crippen LogP contribution < -0.4 is 5.73 Å². The summed E-state index contributed by atoms with van der Waals surface area (Å²) in [5.41, 5.74) is 5.32. The molecule has 12 nitrogen and oxygen atoms in total. The van der Waals surface area contributed by atoms with Crippen LogP contribution in [0.1, 0.15) is 73.4 Å². The predicted octanol–water partition coefficient (Wildman–Crippen LogP) is 3.57. The zero-order valence-electron chi connectivity index (χ0n) is 27.1. The number of ketones is 1. The van der Waals surface area contributed by atoms with Crippen molar-refractivity contribution >= 4 is 59.0 Å². The van der Waals surface area contributed by atoms with E-state index in [1.807, 2.05) is 27.7 Å². The van der Waals surface area contributed by atoms with Crippen molar-refractivity contribution in [2.24, 2.45) is 5.73 Å². The molecule has 6 rings (SSSR count). The van der Waals surface area contributed by atoms with Gasteiger partial charge in [0.2, 0.25) is 5.91 Å². The highest BCUT2D eigenvalue weighted by Gasteiger charge is 2.54. The van der Waals surface area contributed by atoms with Gasteiger partial charge in [-0.25, -0.2) is 4.39 Å². The summed E-state index contributed by atoms with van der Waals surface area (Å²) in [7, 11) is -0.346. The normalized spacial score (nSPS) is 20.7. The molecule has 0 saturated carbocycles. The van der Waals surface area contributed by atoms with Gasteiger partial charge >= 0.3 is 7.12 Å². The highest BCUT2D eigenvalue weighted by Crippen LogP contribution is 2.42. The minimum atomic E-state index is -1.07. The molecule has 0 bridgehead atoms. The number of fused-ring (bicyclic) bond motifs is 1. The fourth-order valence-corrected chi connectivity index (χ4v) is 6.63. The summed E-state index contributed by atoms with van der Waals surface area (Å²) in [4.78, 5) is 67.2. The Morgan fingerprint density at radius 3 is 2.35 bits per heavy atom. The molecular weight excluding hydrogens is 644 g/mol. The van der Waals surface area contributed by atoms with Crippen LogP contribution in [0.3, 0.4) is 0 Å². The van der Waals surface area contributed by atoms with Crippen molar-refractivity contribution < 1.29 is 37.7 Å². The molecule has 1 aromatic heterocycles. The number of aromatic nitrogens is 2. The maximum absolute atomic E-state index is 14.4. The smallest absolute Gasteiger partial charge is 0.403 e. The minimum absolute atomic E-state index is 0.0584. The van der Waals surface area contributed by atoms with E-state index in [0.717, 1.165) is 4.90 Å². The fraction of sp³-hybridized carbons (Fsp3) is 0.455. The summed E-state index contributed by atoms with van der Waals surface area (Å²) < 4.78 is 28.0. The molecule has 0 aliphatic carbocycles. The van der Waals surface area contributed by atoms with E-state index in [1.165, 1.54) is 28.9 Å². The number of Topliss-reactive ketones (excluding diaryl/α,β-unsaturated/α-hetero) is 1. The van der Waals surface area contributed by atoms with Gasteiger partial charge in [0.1, 0.15) is 18.4 Å². The van der Waals surface area contributed by atoms with Gasteiger partial charge in [-0.1, -0.05) is 23.7 Å². The van der Waals surface area contributed by atoms with Crippen molar-refractivity contribution in [3.8, 4) is 0 Å². The highest BCUT2D eigenvalue weighted by atomic mass is 35.5. The standard InChI is InChI=1S/C33H36BClFN5O7/c1-32(2)33(3,4)48-34(47-32)20-10-12-39(13-11-20)31(46)19-8-9-23-21(14-19)29(30(37)45)38-40(23)17-27(44)41-24(16-26(41)43)25(42)15-18-6-5-7-22(35)28(18)36/h5-9,14,20,24H,10-13,15-17H2,1-4H3,(H2,37,45). The van der Waals surface area contributed by atoms with E-state index < -0.39 is 53.1 Å². The number of halogens is 2. The molecule has 0 spiro atoms. The number of imide groups is 1. The summed E-state index contributed by atoms with van der Waals surface area (Å²) in [6.45, 7) is 8.55. The maximum Gasteiger partial charge on any atom is 0.461 e. The van der Waals surface area contributed by atoms with Gasteiger partial charge in [-0.05, 0) is 76.2 Å². The molecule has 4 heterocycles. The molecule has 1 atom stereocenters. The number of benzene rings is 2. The molecule has 3 saturated heterocycles. The van der Waals surface area contributed by atoms with E-state index in [2.05, 4.69) is 5.10 Å². The molecule has 252 valence electrons. The first kappa shape index (κ1) is 33.8. The monoisotopic (exact) mass is 679 g/mol. The number of carbonyl (C=O) groups is 5. The van der Waals surface area contributed by atoms with Crippen LogP contribution in [0, 0.1) is 5.82 Å². The Morgan fingerprint density at radius 2 is 1.73 bits per heavy atom. The van der Waals surface area contributed by atoms with Gasteiger partial charge in [0.05, 0.1) is 28.2 Å². The second-order valence-corrected chi connectivity index (χ2v) is 14.0. The summed E-state index contributed by atoms with van der Waals surface area (Å²) in [5.74, 6) is -3.51. The number of nitrogens with zero attached hydrogens (tertiary/aromatic N) is 4. The van der Waals surface area contributed by atoms with E-state index in [9.17, 15) is 28.4 Å². The van der Waals surface area contributed by atoms with Gasteiger partial charge in [-0.2, -0.15) is 5.10 Å². The molecule has 48 heavy (non-hydrogen) atoms. The van der Waals surface area contributed by atoms with Crippen molar-refractivity contribution in [3.05, 3.63) is 64.1 Å². The van der Waals surface area contributed by atoms with Gasteiger partial charge in [0.15, 0.2) is 11.5 Å². The Morgan fingerprint density at radius 1 is 1.06 bits per heavy atom. The summed E-state index contributed by atoms with van der Waals surface area (Å²) >= 11 is 5.82. The number of amides is 4. The van der Waals surface area contributed by atoms with Gasteiger partial charge < -0.3 is 19.9 Å². The Kier molecular flexibility index (Phi) is 8.71. The van der Waals surface area contributed by atoms with E-state index in [4.69, 9.17) is 26.6 Å². The first-order valence-corrected chi connectivity index (χ1v) is 16.2. The summed E-state index contributed by atoms with van der Waals surface area (Å²) in [6, 6.07) is 7.87. The zero-order chi connectivity index (χ0) is 34.7. The predicted molar refractivity (Wildman–Crippen MR) is 174 cm³/mol. The maximum atomic E-state index is 14.4. The van der Waals surface area contributed by atoms with Crippen molar-refractivity contribution in [2.75, 3.05) is 13.1 Å². The number of nitrogens with two attached hydrogens (primary N) is 1. The van der Waals surface area contributed by atoms with Crippen LogP contribution in [0.25, 0.3) is 10.9 Å². The topological polar surface area (TPSA) is 154 Å². The molecule has 15 heteroatoms. The first-order chi connectivity index (χ1) is 22.6. The third-order valence-corrected chi connectivity index (χ3v) is 10.3. The summed E-state index contributed by atoms with van der Waals surface area (Å²) in [5, 5.41) is 4.36. The molecule has 1 unspecified atom stereocenters. The van der Waals surface area contributed by atoms with Crippen LogP contribution in [-0.4, -0.2) is 86.4 Å². The lowest BCUT2D eigenvalue weighted by molar-refractivity contribution is -0.162. The molecule has 2 N–H and O–H groups in total. The van der Waals surface area contributed by atoms with Crippen molar-refractivity contribution in [1.29, 1.82) is 0 Å². The number of hydrogen-bond donors (Lipinski definition) is 1. The Bertz CT molecular complexity index is 1840. The van der Waals surface area contributed by atoms with Gasteiger partial charge in [0, 0.05) is 30.5 Å². The third kappa shape index (κ3) is 6.01. The fourth-order valence-electron chi connectivity index (χ4n) is 6.44. The van der Waals surface area contributed by atoms with E-state index in [-0.39, 0.29) is 53.4 Å². The van der Waals surface area contributed by atoms with E-state index >= 15 is 0 Å². The Balaban J connectivity index is 1.14. The lowest BCUT2D eigenvalue weighted by Gasteiger charge is -2.37. The van der Waals surface area contributed by atoms with Crippen molar-refractivity contribution in [2.45, 2.75) is 83.0 Å². The van der Waals surface area contributed by atoms with E-state index in [0.29, 0.717) is 37.0 Å². The largest absolute Gasteiger partial charge is 0.461 e. The van der Waals surface area contributed by atoms with Crippen LogP contribution >= 0.6 is 11.6 Å². The first-order valence-electron chi connectivity index (χ1n) is 15.8. The van der Waals surface area contributed by atoms with E-state index in [1.54, 1.807) is 17.0 Å². The minimum Gasteiger partial charge on any atom is -0.403 e. The lowest BCUT2D eigenvalue weighted by atomic mass is 9.66. The number of piperidine rings is 1. The quantitative estimate of drug-likeness (QED) is 0.280. The second kappa shape index (κ2) is 12.4. The average molecular weight is 680 g/mol. The van der Waals surface area contributed by atoms with Crippen molar-refractivity contribution in [1.82, 2.24) is 19.6 Å². The van der Waals surface area contributed by atoms with Gasteiger partial charge in [-0.15, -0.1) is 0 Å². The molecule has 3 fully saturated rings. The molecule has 4 amide bonds. The lowest BCUT2D eigenvalue weighted by Crippen LogP contribution is -2.60. The number of hydrogen-bond acceptors (Lipinski definition) is 8. The average Bonchev–Trinajstić information content (AvgIpc) is 3.49. The molecule has 0 radical (unpaired) electrons. The second-order valence-electron chi connectivity index (χ2n) is 13.6. The van der Waals surface area contributed by atoms with Gasteiger partial charge in [0.25, 0.3) is 17.7 Å². The van der Waals surface area contributed by atoms with Crippen molar-refractivity contribution in [3.63, 3.8) is 0 Å². The zero-order valence-corrected chi connectivity index (χ0v) is 27.9. The molecule has 3 aromatic rings. The molecule has 3 aliphatic rings. The SMILES string of the molecule is CC1(C)OB(C2CCN(C(=O)c3ccc4c(c3)c(C(N)=O)nn4CC(=O)N3C(=O)CC3C(=O)Cc3cccc(Cl)c3F)CC2)OC1(C)C. The Labute approximate surface area is 281 Å². The third-order valence-electron chi connectivity index (χ3n) is 9.98. The number of rotatable bonds is 8. The molecular formula is C33H36BClFN5O7. The number of carbonyl (C=O) groups excluding carboxylic acids is 5.